The smallest absolute Gasteiger partial charge is 0.192 e. The van der Waals surface area contributed by atoms with E-state index in [2.05, 4.69) is 40.6 Å². The van der Waals surface area contributed by atoms with Gasteiger partial charge in [0.25, 0.3) is 0 Å². The minimum absolute atomic E-state index is 0.308. The number of hydrogen-bond donors (Lipinski definition) is 0. The van der Waals surface area contributed by atoms with E-state index in [0.29, 0.717) is 59.4 Å². The number of halogens is 1. The summed E-state index contributed by atoms with van der Waals surface area (Å²) in [5.74, 6) is 1.72. The van der Waals surface area contributed by atoms with E-state index < -0.39 is 0 Å². The number of fused-ring (bicyclic) bond motifs is 1. The van der Waals surface area contributed by atoms with Gasteiger partial charge < -0.3 is 9.80 Å². The predicted octanol–water partition coefficient (Wildman–Crippen LogP) is 6.34. The fourth-order valence-corrected chi connectivity index (χ4v) is 6.10. The molecule has 0 N–H and O–H groups in total. The van der Waals surface area contributed by atoms with Gasteiger partial charge in [0.2, 0.25) is 0 Å². The van der Waals surface area contributed by atoms with E-state index in [4.69, 9.17) is 15.0 Å². The van der Waals surface area contributed by atoms with Crippen molar-refractivity contribution in [2.75, 3.05) is 29.9 Å². The summed E-state index contributed by atoms with van der Waals surface area (Å²) >= 11 is 1.30. The topological polar surface area (TPSA) is 90.4 Å². The molecule has 4 aromatic heterocycles. The van der Waals surface area contributed by atoms with E-state index in [9.17, 15) is 14.4 Å². The molecule has 1 aliphatic rings. The summed E-state index contributed by atoms with van der Waals surface area (Å²) in [5.41, 5.74) is 6.00. The summed E-state index contributed by atoms with van der Waals surface area (Å²) in [5, 5.41) is 10.5. The summed E-state index contributed by atoms with van der Waals surface area (Å²) in [4.78, 5) is 30.7. The summed E-state index contributed by atoms with van der Waals surface area (Å²) in [6.07, 6.45) is 5.79. The van der Waals surface area contributed by atoms with E-state index in [1.54, 1.807) is 12.1 Å². The van der Waals surface area contributed by atoms with E-state index >= 15 is 0 Å². The number of piperidine rings is 1. The number of rotatable bonds is 6. The third-order valence-electron chi connectivity index (χ3n) is 7.45. The molecule has 5 heterocycles. The Morgan fingerprint density at radius 3 is 2.46 bits per heavy atom. The van der Waals surface area contributed by atoms with E-state index in [0.717, 1.165) is 39.7 Å². The lowest BCUT2D eigenvalue weighted by molar-refractivity contribution is -0.119. The van der Waals surface area contributed by atoms with Crippen molar-refractivity contribution in [2.45, 2.75) is 33.1 Å². The third kappa shape index (κ3) is 4.93. The molecule has 206 valence electrons. The zero-order chi connectivity index (χ0) is 28.7. The van der Waals surface area contributed by atoms with Crippen LogP contribution >= 0.6 is 11.3 Å². The molecule has 1 aliphatic heterocycles. The van der Waals surface area contributed by atoms with Crippen LogP contribution in [0.5, 0.6) is 0 Å². The number of aryl methyl sites for hydroxylation is 2. The minimum atomic E-state index is -0.336. The average molecular weight is 566 g/mol. The first-order valence-electron chi connectivity index (χ1n) is 13.5. The molecular formula is C31H28FN7OS. The molecule has 1 saturated heterocycles. The van der Waals surface area contributed by atoms with Crippen LogP contribution < -0.4 is 9.80 Å². The molecule has 41 heavy (non-hydrogen) atoms. The highest BCUT2D eigenvalue weighted by Crippen LogP contribution is 2.38. The van der Waals surface area contributed by atoms with Crippen LogP contribution in [0.2, 0.25) is 0 Å². The largest absolute Gasteiger partial charge is 0.356 e. The van der Waals surface area contributed by atoms with Gasteiger partial charge in [-0.05, 0) is 61.4 Å². The normalized spacial score (nSPS) is 13.5. The first-order chi connectivity index (χ1) is 19.9. The van der Waals surface area contributed by atoms with Crippen LogP contribution in [0.25, 0.3) is 28.0 Å². The molecule has 5 aromatic rings. The van der Waals surface area contributed by atoms with Crippen LogP contribution in [-0.4, -0.2) is 45.3 Å². The molecule has 0 radical (unpaired) electrons. The number of Topliss-reactive ketones (excluding diaryl/α,β-unsaturated/α-hetero) is 1. The number of carbonyl (C=O) groups excluding carboxylic acids is 1. The Hall–Kier alpha value is -4.62. The minimum Gasteiger partial charge on any atom is -0.356 e. The van der Waals surface area contributed by atoms with Gasteiger partial charge in [-0.1, -0.05) is 18.3 Å². The van der Waals surface area contributed by atoms with Gasteiger partial charge in [0, 0.05) is 62.1 Å². The fourth-order valence-electron chi connectivity index (χ4n) is 5.25. The van der Waals surface area contributed by atoms with Gasteiger partial charge in [0.05, 0.1) is 5.69 Å². The highest BCUT2D eigenvalue weighted by atomic mass is 32.1. The summed E-state index contributed by atoms with van der Waals surface area (Å²) < 4.78 is 15.6. The molecule has 0 aliphatic carbocycles. The van der Waals surface area contributed by atoms with E-state index in [1.165, 1.54) is 23.5 Å². The Kier molecular flexibility index (Phi) is 6.97. The van der Waals surface area contributed by atoms with Crippen molar-refractivity contribution >= 4 is 39.5 Å². The third-order valence-corrected chi connectivity index (χ3v) is 8.49. The highest BCUT2D eigenvalue weighted by molar-refractivity contribution is 7.16. The fraction of sp³-hybridized carbons (Fsp3) is 0.258. The molecule has 0 unspecified atom stereocenters. The lowest BCUT2D eigenvalue weighted by Gasteiger charge is -2.27. The van der Waals surface area contributed by atoms with E-state index in [-0.39, 0.29) is 5.82 Å². The van der Waals surface area contributed by atoms with Gasteiger partial charge in [0.15, 0.2) is 5.13 Å². The molecule has 0 atom stereocenters. The number of imidazole rings is 1. The average Bonchev–Trinajstić information content (AvgIpc) is 3.60. The van der Waals surface area contributed by atoms with Crippen molar-refractivity contribution in [2.24, 2.45) is 0 Å². The maximum Gasteiger partial charge on any atom is 0.192 e. The second kappa shape index (κ2) is 10.7. The Labute approximate surface area is 241 Å². The zero-order valence-corrected chi connectivity index (χ0v) is 23.9. The molecular weight excluding hydrogens is 537 g/mol. The number of nitriles is 1. The SMILES string of the molecule is CCc1nc2c(C)cc(-c3ccc(N4CCC(=O)CC4)nc3)cn2c1N(C)c1nc(-c2ccc(F)cc2)c(C#N)s1. The second-order valence-electron chi connectivity index (χ2n) is 10.1. The van der Waals surface area contributed by atoms with Crippen LogP contribution in [-0.2, 0) is 11.2 Å². The number of anilines is 3. The molecule has 0 saturated carbocycles. The number of nitrogens with zero attached hydrogens (tertiary/aromatic N) is 7. The predicted molar refractivity (Wildman–Crippen MR) is 159 cm³/mol. The molecule has 1 fully saturated rings. The van der Waals surface area contributed by atoms with Crippen LogP contribution in [0.4, 0.5) is 21.2 Å². The number of pyridine rings is 2. The van der Waals surface area contributed by atoms with Crippen LogP contribution in [0.3, 0.4) is 0 Å². The van der Waals surface area contributed by atoms with Crippen molar-refractivity contribution in [3.63, 3.8) is 0 Å². The van der Waals surface area contributed by atoms with Gasteiger partial charge in [0.1, 0.15) is 45.5 Å². The zero-order valence-electron chi connectivity index (χ0n) is 23.1. The molecule has 10 heteroatoms. The van der Waals surface area contributed by atoms with Gasteiger partial charge in [-0.15, -0.1) is 0 Å². The van der Waals surface area contributed by atoms with Crippen LogP contribution in [0.15, 0.2) is 54.9 Å². The van der Waals surface area contributed by atoms with Crippen molar-refractivity contribution in [1.82, 2.24) is 19.4 Å². The van der Waals surface area contributed by atoms with Crippen LogP contribution in [0.1, 0.15) is 35.9 Å². The van der Waals surface area contributed by atoms with Gasteiger partial charge in [-0.3, -0.25) is 9.20 Å². The van der Waals surface area contributed by atoms with Crippen molar-refractivity contribution in [3.05, 3.63) is 76.8 Å². The molecule has 0 bridgehead atoms. The van der Waals surface area contributed by atoms with Gasteiger partial charge in [-0.2, -0.15) is 5.26 Å². The Morgan fingerprint density at radius 2 is 1.80 bits per heavy atom. The number of ketones is 1. The Bertz CT molecular complexity index is 1790. The van der Waals surface area contributed by atoms with Crippen molar-refractivity contribution in [3.8, 4) is 28.5 Å². The number of benzene rings is 1. The standard InChI is InChI=1S/C31H28FN7OS/c1-4-25-30(37(3)31-36-28(26(16-33)41-31)20-5-8-23(32)9-6-20)39-18-22(15-19(2)29(39)35-25)21-7-10-27(34-17-21)38-13-11-24(40)12-14-38/h5-10,15,17-18H,4,11-14H2,1-3H3. The van der Waals surface area contributed by atoms with Crippen LogP contribution in [0, 0.1) is 24.1 Å². The van der Waals surface area contributed by atoms with Gasteiger partial charge >= 0.3 is 0 Å². The first kappa shape index (κ1) is 26.6. The highest BCUT2D eigenvalue weighted by Gasteiger charge is 2.23. The summed E-state index contributed by atoms with van der Waals surface area (Å²) in [6, 6.07) is 14.5. The second-order valence-corrected chi connectivity index (χ2v) is 11.1. The van der Waals surface area contributed by atoms with Gasteiger partial charge in [-0.25, -0.2) is 19.3 Å². The van der Waals surface area contributed by atoms with Crippen molar-refractivity contribution in [1.29, 1.82) is 5.26 Å². The number of thiazole rings is 1. The number of aromatic nitrogens is 4. The lowest BCUT2D eigenvalue weighted by atomic mass is 10.1. The van der Waals surface area contributed by atoms with Crippen molar-refractivity contribution < 1.29 is 9.18 Å². The number of carbonyl (C=O) groups is 1. The number of hydrogen-bond acceptors (Lipinski definition) is 8. The maximum absolute atomic E-state index is 13.5. The monoisotopic (exact) mass is 565 g/mol. The Morgan fingerprint density at radius 1 is 1.07 bits per heavy atom. The maximum atomic E-state index is 13.5. The molecule has 0 amide bonds. The first-order valence-corrected chi connectivity index (χ1v) is 14.3. The Balaban J connectivity index is 1.39. The lowest BCUT2D eigenvalue weighted by Crippen LogP contribution is -2.34. The molecule has 1 aromatic carbocycles. The molecule has 0 spiro atoms. The summed E-state index contributed by atoms with van der Waals surface area (Å²) in [7, 11) is 1.93. The molecule has 6 rings (SSSR count). The summed E-state index contributed by atoms with van der Waals surface area (Å²) in [6.45, 7) is 5.52. The quantitative estimate of drug-likeness (QED) is 0.237. The van der Waals surface area contributed by atoms with E-state index in [1.807, 2.05) is 31.1 Å². The molecule has 8 nitrogen and oxygen atoms in total.